The molecule has 1 aliphatic carbocycles. The first-order valence-corrected chi connectivity index (χ1v) is 8.73. The van der Waals surface area contributed by atoms with E-state index in [-0.39, 0.29) is 11.7 Å². The number of hydrogen-bond donors (Lipinski definition) is 1. The van der Waals surface area contributed by atoms with Crippen LogP contribution in [0.4, 0.5) is 10.1 Å². The second-order valence-electron chi connectivity index (χ2n) is 6.58. The molecule has 2 fully saturated rings. The average molecular weight is 319 g/mol. The largest absolute Gasteiger partial charge is 0.367 e. The van der Waals surface area contributed by atoms with Gasteiger partial charge in [0, 0.05) is 45.2 Å². The summed E-state index contributed by atoms with van der Waals surface area (Å²) in [6, 6.07) is 7.34. The zero-order valence-electron chi connectivity index (χ0n) is 13.6. The third-order valence-corrected chi connectivity index (χ3v) is 4.94. The minimum absolute atomic E-state index is 0.156. The van der Waals surface area contributed by atoms with Crippen molar-refractivity contribution < 1.29 is 9.18 Å². The van der Waals surface area contributed by atoms with Gasteiger partial charge in [-0.2, -0.15) is 0 Å². The summed E-state index contributed by atoms with van der Waals surface area (Å²) in [5.74, 6) is 0.0188. The first-order valence-electron chi connectivity index (χ1n) is 8.73. The number of anilines is 1. The molecule has 0 aromatic heterocycles. The highest BCUT2D eigenvalue weighted by Gasteiger charge is 2.21. The lowest BCUT2D eigenvalue weighted by molar-refractivity contribution is -0.122. The molecule has 0 radical (unpaired) electrons. The van der Waals surface area contributed by atoms with Gasteiger partial charge in [-0.05, 0) is 25.0 Å². The number of piperazine rings is 1. The summed E-state index contributed by atoms with van der Waals surface area (Å²) < 4.78 is 13.8. The maximum Gasteiger partial charge on any atom is 0.221 e. The molecule has 4 nitrogen and oxygen atoms in total. The lowest BCUT2D eigenvalue weighted by Gasteiger charge is -2.36. The molecule has 1 aromatic carbocycles. The van der Waals surface area contributed by atoms with Crippen molar-refractivity contribution in [3.8, 4) is 0 Å². The Morgan fingerprint density at radius 3 is 2.52 bits per heavy atom. The van der Waals surface area contributed by atoms with Crippen LogP contribution in [0.2, 0.25) is 0 Å². The standard InChI is InChI=1S/C18H26FN3O/c19-16-7-3-4-8-17(16)22-13-11-21(12-14-22)10-9-18(23)20-15-5-1-2-6-15/h3-4,7-8,15H,1-2,5-6,9-14H2,(H,20,23). The molecule has 1 heterocycles. The predicted molar refractivity (Wildman–Crippen MR) is 90.1 cm³/mol. The Hall–Kier alpha value is -1.62. The Bertz CT molecular complexity index is 523. The van der Waals surface area contributed by atoms with Crippen LogP contribution in [0, 0.1) is 5.82 Å². The van der Waals surface area contributed by atoms with E-state index in [1.807, 2.05) is 12.1 Å². The van der Waals surface area contributed by atoms with Crippen LogP contribution < -0.4 is 10.2 Å². The molecule has 126 valence electrons. The molecule has 23 heavy (non-hydrogen) atoms. The summed E-state index contributed by atoms with van der Waals surface area (Å²) in [6.45, 7) is 4.18. The van der Waals surface area contributed by atoms with E-state index in [1.54, 1.807) is 6.07 Å². The van der Waals surface area contributed by atoms with E-state index in [0.717, 1.165) is 45.6 Å². The first kappa shape index (κ1) is 16.2. The molecule has 1 N–H and O–H groups in total. The number of carbonyl (C=O) groups excluding carboxylic acids is 1. The maximum atomic E-state index is 13.8. The number of amides is 1. The number of carbonyl (C=O) groups is 1. The molecular weight excluding hydrogens is 293 g/mol. The third-order valence-electron chi connectivity index (χ3n) is 4.94. The smallest absolute Gasteiger partial charge is 0.221 e. The second-order valence-corrected chi connectivity index (χ2v) is 6.58. The van der Waals surface area contributed by atoms with Gasteiger partial charge in [0.25, 0.3) is 0 Å². The van der Waals surface area contributed by atoms with E-state index < -0.39 is 0 Å². The van der Waals surface area contributed by atoms with Gasteiger partial charge in [0.15, 0.2) is 0 Å². The molecule has 0 spiro atoms. The summed E-state index contributed by atoms with van der Waals surface area (Å²) >= 11 is 0. The number of halogens is 1. The van der Waals surface area contributed by atoms with Crippen molar-refractivity contribution in [2.45, 2.75) is 38.1 Å². The zero-order valence-corrected chi connectivity index (χ0v) is 13.6. The quantitative estimate of drug-likeness (QED) is 0.905. The van der Waals surface area contributed by atoms with Crippen molar-refractivity contribution in [2.24, 2.45) is 0 Å². The highest BCUT2D eigenvalue weighted by molar-refractivity contribution is 5.76. The molecule has 5 heteroatoms. The molecule has 0 unspecified atom stereocenters. The fourth-order valence-electron chi connectivity index (χ4n) is 3.55. The fourth-order valence-corrected chi connectivity index (χ4v) is 3.55. The van der Waals surface area contributed by atoms with Gasteiger partial charge in [-0.1, -0.05) is 25.0 Å². The minimum atomic E-state index is -0.156. The first-order chi connectivity index (χ1) is 11.2. The van der Waals surface area contributed by atoms with Crippen molar-refractivity contribution in [2.75, 3.05) is 37.6 Å². The van der Waals surface area contributed by atoms with Crippen LogP contribution in [0.3, 0.4) is 0 Å². The Kier molecular flexibility index (Phi) is 5.49. The highest BCUT2D eigenvalue weighted by Crippen LogP contribution is 2.20. The minimum Gasteiger partial charge on any atom is -0.367 e. The zero-order chi connectivity index (χ0) is 16.1. The Morgan fingerprint density at radius 1 is 1.13 bits per heavy atom. The highest BCUT2D eigenvalue weighted by atomic mass is 19.1. The molecule has 1 aliphatic heterocycles. The van der Waals surface area contributed by atoms with Crippen molar-refractivity contribution in [1.29, 1.82) is 0 Å². The van der Waals surface area contributed by atoms with Gasteiger partial charge < -0.3 is 10.2 Å². The van der Waals surface area contributed by atoms with Crippen molar-refractivity contribution in [3.05, 3.63) is 30.1 Å². The van der Waals surface area contributed by atoms with E-state index in [2.05, 4.69) is 15.1 Å². The summed E-state index contributed by atoms with van der Waals surface area (Å²) in [7, 11) is 0. The topological polar surface area (TPSA) is 35.6 Å². The van der Waals surface area contributed by atoms with Gasteiger partial charge in [0.05, 0.1) is 5.69 Å². The van der Waals surface area contributed by atoms with Crippen molar-refractivity contribution in [3.63, 3.8) is 0 Å². The fraction of sp³-hybridized carbons (Fsp3) is 0.611. The van der Waals surface area contributed by atoms with Crippen LogP contribution >= 0.6 is 0 Å². The number of hydrogen-bond acceptors (Lipinski definition) is 3. The van der Waals surface area contributed by atoms with E-state index in [1.165, 1.54) is 18.9 Å². The second kappa shape index (κ2) is 7.77. The van der Waals surface area contributed by atoms with Gasteiger partial charge in [0.1, 0.15) is 5.82 Å². The molecular formula is C18H26FN3O. The molecule has 1 saturated carbocycles. The van der Waals surface area contributed by atoms with E-state index in [0.29, 0.717) is 18.2 Å². The van der Waals surface area contributed by atoms with Gasteiger partial charge >= 0.3 is 0 Å². The molecule has 1 amide bonds. The van der Waals surface area contributed by atoms with Gasteiger partial charge in [0.2, 0.25) is 5.91 Å². The van der Waals surface area contributed by atoms with Crippen molar-refractivity contribution in [1.82, 2.24) is 10.2 Å². The lowest BCUT2D eigenvalue weighted by atomic mass is 10.2. The monoisotopic (exact) mass is 319 g/mol. The molecule has 2 aliphatic rings. The lowest BCUT2D eigenvalue weighted by Crippen LogP contribution is -2.47. The Morgan fingerprint density at radius 2 is 1.83 bits per heavy atom. The van der Waals surface area contributed by atoms with Gasteiger partial charge in [-0.15, -0.1) is 0 Å². The van der Waals surface area contributed by atoms with Crippen molar-refractivity contribution >= 4 is 11.6 Å². The number of para-hydroxylation sites is 1. The maximum absolute atomic E-state index is 13.8. The normalized spacial score (nSPS) is 20.0. The number of nitrogens with zero attached hydrogens (tertiary/aromatic N) is 2. The molecule has 0 atom stereocenters. The Labute approximate surface area is 137 Å². The van der Waals surface area contributed by atoms with Crippen LogP contribution in [-0.4, -0.2) is 49.6 Å². The van der Waals surface area contributed by atoms with Crippen LogP contribution in [0.1, 0.15) is 32.1 Å². The number of rotatable bonds is 5. The predicted octanol–water partition coefficient (Wildman–Crippen LogP) is 2.40. The Balaban J connectivity index is 1.39. The number of benzene rings is 1. The van der Waals surface area contributed by atoms with Crippen LogP contribution in [0.25, 0.3) is 0 Å². The molecule has 1 aromatic rings. The van der Waals surface area contributed by atoms with Crippen LogP contribution in [-0.2, 0) is 4.79 Å². The molecule has 0 bridgehead atoms. The SMILES string of the molecule is O=C(CCN1CCN(c2ccccc2F)CC1)NC1CCCC1. The third kappa shape index (κ3) is 4.44. The molecule has 1 saturated heterocycles. The van der Waals surface area contributed by atoms with E-state index in [4.69, 9.17) is 0 Å². The van der Waals surface area contributed by atoms with E-state index in [9.17, 15) is 9.18 Å². The van der Waals surface area contributed by atoms with E-state index >= 15 is 0 Å². The molecule has 3 rings (SSSR count). The van der Waals surface area contributed by atoms with Crippen LogP contribution in [0.5, 0.6) is 0 Å². The summed E-state index contributed by atoms with van der Waals surface area (Å²) in [6.07, 6.45) is 5.31. The van der Waals surface area contributed by atoms with Crippen LogP contribution in [0.15, 0.2) is 24.3 Å². The van der Waals surface area contributed by atoms with Gasteiger partial charge in [-0.3, -0.25) is 9.69 Å². The summed E-state index contributed by atoms with van der Waals surface area (Å²) in [4.78, 5) is 16.4. The summed E-state index contributed by atoms with van der Waals surface area (Å²) in [5, 5.41) is 3.13. The number of nitrogens with one attached hydrogen (secondary N) is 1. The van der Waals surface area contributed by atoms with Gasteiger partial charge in [-0.25, -0.2) is 4.39 Å². The average Bonchev–Trinajstić information content (AvgIpc) is 3.07. The summed E-state index contributed by atoms with van der Waals surface area (Å²) in [5.41, 5.74) is 0.686.